The Bertz CT molecular complexity index is 376. The van der Waals surface area contributed by atoms with Crippen molar-refractivity contribution < 1.29 is 9.90 Å². The second-order valence-electron chi connectivity index (χ2n) is 4.22. The molecule has 1 amide bonds. The highest BCUT2D eigenvalue weighted by atomic mass is 16.3. The van der Waals surface area contributed by atoms with E-state index in [-0.39, 0.29) is 18.4 Å². The Hall–Kier alpha value is -1.35. The normalized spacial score (nSPS) is 18.9. The monoisotopic (exact) mass is 219 g/mol. The van der Waals surface area contributed by atoms with Crippen molar-refractivity contribution in [3.05, 3.63) is 35.4 Å². The molecule has 1 aromatic rings. The summed E-state index contributed by atoms with van der Waals surface area (Å²) >= 11 is 0. The SMILES string of the molecule is O=C(NCCO)C1CCc2ccccc2C1. The highest BCUT2D eigenvalue weighted by molar-refractivity contribution is 5.79. The topological polar surface area (TPSA) is 49.3 Å². The second-order valence-corrected chi connectivity index (χ2v) is 4.22. The molecule has 0 aromatic heterocycles. The molecule has 1 aliphatic rings. The van der Waals surface area contributed by atoms with E-state index in [0.717, 1.165) is 19.3 Å². The van der Waals surface area contributed by atoms with E-state index < -0.39 is 0 Å². The van der Waals surface area contributed by atoms with E-state index >= 15 is 0 Å². The zero-order valence-electron chi connectivity index (χ0n) is 9.28. The Labute approximate surface area is 95.5 Å². The van der Waals surface area contributed by atoms with E-state index in [1.54, 1.807) is 0 Å². The van der Waals surface area contributed by atoms with Gasteiger partial charge in [0.05, 0.1) is 6.61 Å². The molecule has 0 spiro atoms. The van der Waals surface area contributed by atoms with Crippen LogP contribution < -0.4 is 5.32 Å². The number of carbonyl (C=O) groups excluding carboxylic acids is 1. The smallest absolute Gasteiger partial charge is 0.223 e. The number of carbonyl (C=O) groups is 1. The summed E-state index contributed by atoms with van der Waals surface area (Å²) in [7, 11) is 0. The maximum atomic E-state index is 11.7. The van der Waals surface area contributed by atoms with Crippen molar-refractivity contribution >= 4 is 5.91 Å². The van der Waals surface area contributed by atoms with Crippen LogP contribution in [0.4, 0.5) is 0 Å². The highest BCUT2D eigenvalue weighted by Gasteiger charge is 2.23. The van der Waals surface area contributed by atoms with Crippen LogP contribution in [0.15, 0.2) is 24.3 Å². The Morgan fingerprint density at radius 2 is 2.12 bits per heavy atom. The number of aliphatic hydroxyl groups excluding tert-OH is 1. The Kier molecular flexibility index (Phi) is 3.57. The average molecular weight is 219 g/mol. The lowest BCUT2D eigenvalue weighted by Gasteiger charge is -2.23. The van der Waals surface area contributed by atoms with Gasteiger partial charge < -0.3 is 10.4 Å². The number of fused-ring (bicyclic) bond motifs is 1. The van der Waals surface area contributed by atoms with Crippen molar-refractivity contribution in [2.75, 3.05) is 13.2 Å². The van der Waals surface area contributed by atoms with Gasteiger partial charge in [0.2, 0.25) is 5.91 Å². The summed E-state index contributed by atoms with van der Waals surface area (Å²) in [5.41, 5.74) is 2.66. The van der Waals surface area contributed by atoms with Crippen molar-refractivity contribution in [2.24, 2.45) is 5.92 Å². The fourth-order valence-corrected chi connectivity index (χ4v) is 2.25. The summed E-state index contributed by atoms with van der Waals surface area (Å²) in [5, 5.41) is 11.4. The van der Waals surface area contributed by atoms with Crippen molar-refractivity contribution in [2.45, 2.75) is 19.3 Å². The zero-order chi connectivity index (χ0) is 11.4. The molecule has 0 aliphatic heterocycles. The van der Waals surface area contributed by atoms with E-state index in [4.69, 9.17) is 5.11 Å². The minimum Gasteiger partial charge on any atom is -0.395 e. The van der Waals surface area contributed by atoms with E-state index in [9.17, 15) is 4.79 Å². The van der Waals surface area contributed by atoms with Gasteiger partial charge in [-0.25, -0.2) is 0 Å². The van der Waals surface area contributed by atoms with Gasteiger partial charge in [0.1, 0.15) is 0 Å². The molecule has 0 fully saturated rings. The van der Waals surface area contributed by atoms with E-state index in [1.807, 2.05) is 12.1 Å². The predicted octanol–water partition coefficient (Wildman–Crippen LogP) is 0.900. The molecule has 1 unspecified atom stereocenters. The molecule has 1 aromatic carbocycles. The van der Waals surface area contributed by atoms with Crippen LogP contribution in [0.2, 0.25) is 0 Å². The molecule has 3 heteroatoms. The molecule has 2 rings (SSSR count). The van der Waals surface area contributed by atoms with Gasteiger partial charge in [0.15, 0.2) is 0 Å². The Morgan fingerprint density at radius 1 is 1.38 bits per heavy atom. The molecule has 1 atom stereocenters. The third-order valence-corrected chi connectivity index (χ3v) is 3.13. The average Bonchev–Trinajstić information content (AvgIpc) is 2.35. The van der Waals surface area contributed by atoms with Gasteiger partial charge >= 0.3 is 0 Å². The van der Waals surface area contributed by atoms with Crippen molar-refractivity contribution in [3.63, 3.8) is 0 Å². The van der Waals surface area contributed by atoms with E-state index in [1.165, 1.54) is 11.1 Å². The second kappa shape index (κ2) is 5.12. The van der Waals surface area contributed by atoms with Gasteiger partial charge in [0.25, 0.3) is 0 Å². The number of aryl methyl sites for hydroxylation is 1. The third kappa shape index (κ3) is 2.42. The highest BCUT2D eigenvalue weighted by Crippen LogP contribution is 2.25. The lowest BCUT2D eigenvalue weighted by atomic mass is 9.83. The van der Waals surface area contributed by atoms with Crippen molar-refractivity contribution in [1.82, 2.24) is 5.32 Å². The largest absolute Gasteiger partial charge is 0.395 e. The number of aliphatic hydroxyl groups is 1. The first kappa shape index (κ1) is 11.1. The number of amides is 1. The number of benzene rings is 1. The van der Waals surface area contributed by atoms with Gasteiger partial charge in [-0.1, -0.05) is 24.3 Å². The fourth-order valence-electron chi connectivity index (χ4n) is 2.25. The quantitative estimate of drug-likeness (QED) is 0.793. The minimum atomic E-state index is 0.00898. The fraction of sp³-hybridized carbons (Fsp3) is 0.462. The Morgan fingerprint density at radius 3 is 2.88 bits per heavy atom. The molecular formula is C13H17NO2. The number of nitrogens with one attached hydrogen (secondary N) is 1. The molecule has 3 nitrogen and oxygen atoms in total. The summed E-state index contributed by atoms with van der Waals surface area (Å²) < 4.78 is 0. The molecular weight excluding hydrogens is 202 g/mol. The van der Waals surface area contributed by atoms with Crippen LogP contribution in [0.5, 0.6) is 0 Å². The number of hydrogen-bond donors (Lipinski definition) is 2. The maximum Gasteiger partial charge on any atom is 0.223 e. The van der Waals surface area contributed by atoms with Gasteiger partial charge in [0, 0.05) is 12.5 Å². The molecule has 0 radical (unpaired) electrons. The molecule has 86 valence electrons. The van der Waals surface area contributed by atoms with E-state index in [0.29, 0.717) is 6.54 Å². The minimum absolute atomic E-state index is 0.00898. The standard InChI is InChI=1S/C13H17NO2/c15-8-7-14-13(16)12-6-5-10-3-1-2-4-11(10)9-12/h1-4,12,15H,5-9H2,(H,14,16). The van der Waals surface area contributed by atoms with Crippen LogP contribution in [0.3, 0.4) is 0 Å². The van der Waals surface area contributed by atoms with Crippen LogP contribution in [0, 0.1) is 5.92 Å². The number of rotatable bonds is 3. The van der Waals surface area contributed by atoms with Gasteiger partial charge in [-0.05, 0) is 30.4 Å². The summed E-state index contributed by atoms with van der Waals surface area (Å²) in [6.45, 7) is 0.367. The summed E-state index contributed by atoms with van der Waals surface area (Å²) in [6, 6.07) is 8.30. The molecule has 1 aliphatic carbocycles. The lowest BCUT2D eigenvalue weighted by Crippen LogP contribution is -2.35. The summed E-state index contributed by atoms with van der Waals surface area (Å²) in [5.74, 6) is 0.144. The summed E-state index contributed by atoms with van der Waals surface area (Å²) in [6.07, 6.45) is 2.72. The first-order valence-corrected chi connectivity index (χ1v) is 5.76. The Balaban J connectivity index is 1.99. The van der Waals surface area contributed by atoms with Crippen molar-refractivity contribution in [1.29, 1.82) is 0 Å². The molecule has 16 heavy (non-hydrogen) atoms. The molecule has 2 N–H and O–H groups in total. The van der Waals surface area contributed by atoms with Gasteiger partial charge in [-0.3, -0.25) is 4.79 Å². The lowest BCUT2D eigenvalue weighted by molar-refractivity contribution is -0.125. The van der Waals surface area contributed by atoms with Crippen molar-refractivity contribution in [3.8, 4) is 0 Å². The molecule has 0 saturated heterocycles. The van der Waals surface area contributed by atoms with Crippen LogP contribution in [-0.2, 0) is 17.6 Å². The molecule has 0 bridgehead atoms. The zero-order valence-corrected chi connectivity index (χ0v) is 9.28. The van der Waals surface area contributed by atoms with Crippen LogP contribution in [-0.4, -0.2) is 24.2 Å². The number of hydrogen-bond acceptors (Lipinski definition) is 2. The van der Waals surface area contributed by atoms with Gasteiger partial charge in [-0.15, -0.1) is 0 Å². The van der Waals surface area contributed by atoms with E-state index in [2.05, 4.69) is 17.4 Å². The molecule has 0 saturated carbocycles. The first-order chi connectivity index (χ1) is 7.81. The van der Waals surface area contributed by atoms with Gasteiger partial charge in [-0.2, -0.15) is 0 Å². The van der Waals surface area contributed by atoms with Crippen LogP contribution in [0.1, 0.15) is 17.5 Å². The van der Waals surface area contributed by atoms with Crippen LogP contribution >= 0.6 is 0 Å². The first-order valence-electron chi connectivity index (χ1n) is 5.76. The maximum absolute atomic E-state index is 11.7. The predicted molar refractivity (Wildman–Crippen MR) is 62.1 cm³/mol. The molecule has 0 heterocycles. The van der Waals surface area contributed by atoms with Crippen LogP contribution in [0.25, 0.3) is 0 Å². The third-order valence-electron chi connectivity index (χ3n) is 3.13. The summed E-state index contributed by atoms with van der Waals surface area (Å²) in [4.78, 5) is 11.7.